The van der Waals surface area contributed by atoms with Crippen molar-refractivity contribution in [2.75, 3.05) is 6.54 Å². The maximum atomic E-state index is 4.63. The van der Waals surface area contributed by atoms with Crippen LogP contribution in [0.3, 0.4) is 0 Å². The van der Waals surface area contributed by atoms with Crippen LogP contribution in [-0.4, -0.2) is 22.1 Å². The Hall–Kier alpha value is -0.830. The molecule has 0 amide bonds. The molecule has 0 spiro atoms. The van der Waals surface area contributed by atoms with Gasteiger partial charge < -0.3 is 9.88 Å². The standard InChI is InChI=1S/C16H27N3/c1-16(2)7-6-12(11-18-13-4-5-13)14(10-16)15-17-8-9-19(15)3/h8-9,12-14,18H,4-7,10-11H2,1-3H3. The number of nitrogens with zero attached hydrogens (tertiary/aromatic N) is 2. The summed E-state index contributed by atoms with van der Waals surface area (Å²) in [4.78, 5) is 4.63. The van der Waals surface area contributed by atoms with Crippen molar-refractivity contribution in [1.82, 2.24) is 14.9 Å². The summed E-state index contributed by atoms with van der Waals surface area (Å²) in [5, 5.41) is 3.73. The van der Waals surface area contributed by atoms with E-state index in [2.05, 4.69) is 42.0 Å². The molecule has 0 radical (unpaired) electrons. The lowest BCUT2D eigenvalue weighted by Gasteiger charge is -2.40. The Balaban J connectivity index is 1.74. The van der Waals surface area contributed by atoms with Crippen LogP contribution in [-0.2, 0) is 7.05 Å². The van der Waals surface area contributed by atoms with E-state index in [1.54, 1.807) is 0 Å². The number of aryl methyl sites for hydroxylation is 1. The average Bonchev–Trinajstić information content (AvgIpc) is 3.08. The minimum Gasteiger partial charge on any atom is -0.338 e. The van der Waals surface area contributed by atoms with Crippen LogP contribution in [0.25, 0.3) is 0 Å². The van der Waals surface area contributed by atoms with Crippen LogP contribution in [0.15, 0.2) is 12.4 Å². The highest BCUT2D eigenvalue weighted by Crippen LogP contribution is 2.46. The van der Waals surface area contributed by atoms with Gasteiger partial charge in [-0.1, -0.05) is 13.8 Å². The van der Waals surface area contributed by atoms with Crippen molar-refractivity contribution in [2.45, 2.75) is 57.9 Å². The van der Waals surface area contributed by atoms with Gasteiger partial charge in [-0.15, -0.1) is 0 Å². The quantitative estimate of drug-likeness (QED) is 0.902. The number of imidazole rings is 1. The Bertz CT molecular complexity index is 429. The molecule has 2 atom stereocenters. The first kappa shape index (κ1) is 13.2. The maximum absolute atomic E-state index is 4.63. The molecule has 3 rings (SSSR count). The van der Waals surface area contributed by atoms with Crippen molar-refractivity contribution in [3.05, 3.63) is 18.2 Å². The lowest BCUT2D eigenvalue weighted by Crippen LogP contribution is -2.36. The van der Waals surface area contributed by atoms with Crippen molar-refractivity contribution in [3.63, 3.8) is 0 Å². The fraction of sp³-hybridized carbons (Fsp3) is 0.812. The van der Waals surface area contributed by atoms with Crippen molar-refractivity contribution >= 4 is 0 Å². The zero-order valence-corrected chi connectivity index (χ0v) is 12.5. The van der Waals surface area contributed by atoms with Crippen LogP contribution in [0.5, 0.6) is 0 Å². The normalized spacial score (nSPS) is 30.5. The van der Waals surface area contributed by atoms with Gasteiger partial charge >= 0.3 is 0 Å². The van der Waals surface area contributed by atoms with E-state index in [0.29, 0.717) is 11.3 Å². The molecular formula is C16H27N3. The summed E-state index contributed by atoms with van der Waals surface area (Å²) in [5.41, 5.74) is 0.465. The predicted octanol–water partition coefficient (Wildman–Crippen LogP) is 3.08. The second kappa shape index (κ2) is 4.93. The van der Waals surface area contributed by atoms with Crippen LogP contribution in [0.4, 0.5) is 0 Å². The van der Waals surface area contributed by atoms with Crippen molar-refractivity contribution in [2.24, 2.45) is 18.4 Å². The van der Waals surface area contributed by atoms with Gasteiger partial charge in [0.1, 0.15) is 5.82 Å². The summed E-state index contributed by atoms with van der Waals surface area (Å²) < 4.78 is 2.22. The number of hydrogen-bond acceptors (Lipinski definition) is 2. The molecule has 0 aromatic carbocycles. The van der Waals surface area contributed by atoms with E-state index in [1.807, 2.05) is 6.20 Å². The minimum atomic E-state index is 0.465. The molecule has 2 saturated carbocycles. The second-order valence-corrected chi connectivity index (χ2v) is 7.35. The van der Waals surface area contributed by atoms with Crippen LogP contribution in [0, 0.1) is 11.3 Å². The van der Waals surface area contributed by atoms with Gasteiger partial charge in [-0.2, -0.15) is 0 Å². The Morgan fingerprint density at radius 1 is 1.37 bits per heavy atom. The van der Waals surface area contributed by atoms with Crippen LogP contribution in [0.1, 0.15) is 57.7 Å². The van der Waals surface area contributed by atoms with E-state index in [0.717, 1.165) is 12.0 Å². The molecule has 2 unspecified atom stereocenters. The van der Waals surface area contributed by atoms with Gasteiger partial charge in [0, 0.05) is 31.4 Å². The van der Waals surface area contributed by atoms with Gasteiger partial charge in [-0.25, -0.2) is 4.98 Å². The van der Waals surface area contributed by atoms with Gasteiger partial charge in [0.05, 0.1) is 0 Å². The van der Waals surface area contributed by atoms with E-state index >= 15 is 0 Å². The molecule has 1 aromatic heterocycles. The first-order valence-corrected chi connectivity index (χ1v) is 7.76. The monoisotopic (exact) mass is 261 g/mol. The van der Waals surface area contributed by atoms with Gasteiger partial charge in [-0.05, 0) is 50.0 Å². The third-order valence-electron chi connectivity index (χ3n) is 4.97. The molecule has 1 aromatic rings. The first-order valence-electron chi connectivity index (χ1n) is 7.76. The van der Waals surface area contributed by atoms with Crippen LogP contribution < -0.4 is 5.32 Å². The molecule has 3 nitrogen and oxygen atoms in total. The third kappa shape index (κ3) is 3.02. The number of rotatable bonds is 4. The topological polar surface area (TPSA) is 29.9 Å². The van der Waals surface area contributed by atoms with Crippen molar-refractivity contribution in [1.29, 1.82) is 0 Å². The van der Waals surface area contributed by atoms with Crippen LogP contribution >= 0.6 is 0 Å². The Morgan fingerprint density at radius 2 is 2.16 bits per heavy atom. The highest BCUT2D eigenvalue weighted by molar-refractivity contribution is 5.06. The van der Waals surface area contributed by atoms with E-state index in [4.69, 9.17) is 0 Å². The van der Waals surface area contributed by atoms with E-state index < -0.39 is 0 Å². The Labute approximate surface area is 116 Å². The zero-order valence-electron chi connectivity index (χ0n) is 12.5. The molecule has 19 heavy (non-hydrogen) atoms. The molecular weight excluding hydrogens is 234 g/mol. The van der Waals surface area contributed by atoms with Crippen LogP contribution in [0.2, 0.25) is 0 Å². The van der Waals surface area contributed by atoms with E-state index in [-0.39, 0.29) is 0 Å². The van der Waals surface area contributed by atoms with Gasteiger partial charge in [-0.3, -0.25) is 0 Å². The summed E-state index contributed by atoms with van der Waals surface area (Å²) in [5.74, 6) is 2.67. The third-order valence-corrected chi connectivity index (χ3v) is 4.97. The molecule has 106 valence electrons. The molecule has 1 heterocycles. The summed E-state index contributed by atoms with van der Waals surface area (Å²) in [6.07, 6.45) is 10.8. The summed E-state index contributed by atoms with van der Waals surface area (Å²) in [7, 11) is 2.13. The lowest BCUT2D eigenvalue weighted by atomic mass is 9.66. The Kier molecular flexibility index (Phi) is 3.42. The molecule has 0 aliphatic heterocycles. The zero-order chi connectivity index (χ0) is 13.5. The summed E-state index contributed by atoms with van der Waals surface area (Å²) in [6, 6.07) is 0.817. The molecule has 2 fully saturated rings. The average molecular weight is 261 g/mol. The van der Waals surface area contributed by atoms with Gasteiger partial charge in [0.2, 0.25) is 0 Å². The fourth-order valence-electron chi connectivity index (χ4n) is 3.53. The fourth-order valence-corrected chi connectivity index (χ4v) is 3.53. The molecule has 2 aliphatic rings. The summed E-state index contributed by atoms with van der Waals surface area (Å²) in [6.45, 7) is 6.00. The van der Waals surface area contributed by atoms with Gasteiger partial charge in [0.25, 0.3) is 0 Å². The summed E-state index contributed by atoms with van der Waals surface area (Å²) >= 11 is 0. The maximum Gasteiger partial charge on any atom is 0.111 e. The highest BCUT2D eigenvalue weighted by atomic mass is 15.0. The number of aromatic nitrogens is 2. The number of nitrogens with one attached hydrogen (secondary N) is 1. The molecule has 2 aliphatic carbocycles. The first-order chi connectivity index (χ1) is 9.05. The molecule has 0 bridgehead atoms. The van der Waals surface area contributed by atoms with Crippen molar-refractivity contribution in [3.8, 4) is 0 Å². The smallest absolute Gasteiger partial charge is 0.111 e. The van der Waals surface area contributed by atoms with Crippen molar-refractivity contribution < 1.29 is 0 Å². The second-order valence-electron chi connectivity index (χ2n) is 7.35. The lowest BCUT2D eigenvalue weighted by molar-refractivity contribution is 0.153. The Morgan fingerprint density at radius 3 is 2.79 bits per heavy atom. The SMILES string of the molecule is Cn1ccnc1C1CC(C)(C)CCC1CNC1CC1. The predicted molar refractivity (Wildman–Crippen MR) is 78.1 cm³/mol. The highest BCUT2D eigenvalue weighted by Gasteiger charge is 2.38. The molecule has 3 heteroatoms. The number of hydrogen-bond donors (Lipinski definition) is 1. The largest absolute Gasteiger partial charge is 0.338 e. The molecule has 1 N–H and O–H groups in total. The molecule has 0 saturated heterocycles. The minimum absolute atomic E-state index is 0.465. The van der Waals surface area contributed by atoms with E-state index in [1.165, 1.54) is 44.5 Å². The van der Waals surface area contributed by atoms with E-state index in [9.17, 15) is 0 Å². The van der Waals surface area contributed by atoms with Gasteiger partial charge in [0.15, 0.2) is 0 Å².